The van der Waals surface area contributed by atoms with Gasteiger partial charge in [0, 0.05) is 5.41 Å². The molecule has 6 saturated heterocycles. The topological polar surface area (TPSA) is 492 Å². The quantitative estimate of drug-likeness (QED) is 0.0369. The van der Waals surface area contributed by atoms with Crippen LogP contribution in [-0.2, 0) is 61.6 Å². The summed E-state index contributed by atoms with van der Waals surface area (Å²) in [6.07, 6.45) is -40.8. The van der Waals surface area contributed by atoms with Crippen LogP contribution in [0.2, 0.25) is 0 Å². The van der Waals surface area contributed by atoms with Crippen molar-refractivity contribution in [2.24, 2.45) is 56.7 Å². The lowest BCUT2D eigenvalue weighted by molar-refractivity contribution is -0.383. The summed E-state index contributed by atoms with van der Waals surface area (Å²) in [5.41, 5.74) is -2.05. The number of carbonyl (C=O) groups is 1. The lowest BCUT2D eigenvalue weighted by Gasteiger charge is -2.71. The lowest BCUT2D eigenvalue weighted by Crippen LogP contribution is -2.67. The second-order valence-corrected chi connectivity index (χ2v) is 30.8. The van der Waals surface area contributed by atoms with Crippen LogP contribution >= 0.6 is 0 Å². The zero-order valence-electron chi connectivity index (χ0n) is 55.5. The van der Waals surface area contributed by atoms with Crippen molar-refractivity contribution in [3.05, 3.63) is 11.6 Å². The number of ether oxygens (including phenoxy) is 12. The van der Waals surface area contributed by atoms with Gasteiger partial charge in [-0.25, -0.2) is 0 Å². The van der Waals surface area contributed by atoms with E-state index in [1.807, 2.05) is 6.92 Å². The van der Waals surface area contributed by atoms with Crippen molar-refractivity contribution < 1.29 is 154 Å². The molecule has 0 aromatic rings. The van der Waals surface area contributed by atoms with Crippen LogP contribution in [0, 0.1) is 56.7 Å². The highest BCUT2D eigenvalue weighted by Gasteiger charge is 2.72. The Balaban J connectivity index is 0.771. The number of hydrogen-bond donors (Lipinski definition) is 18. The molecule has 5 aliphatic carbocycles. The number of rotatable bonds is 17. The van der Waals surface area contributed by atoms with Crippen LogP contribution in [0.15, 0.2) is 11.6 Å². The van der Waals surface area contributed by atoms with E-state index in [2.05, 4.69) is 40.7 Å². The molecule has 4 saturated carbocycles. The Bertz CT molecular complexity index is 2680. The summed E-state index contributed by atoms with van der Waals surface area (Å²) >= 11 is 0. The van der Waals surface area contributed by atoms with E-state index in [0.29, 0.717) is 51.4 Å². The Morgan fingerprint density at radius 2 is 1.08 bits per heavy atom. The van der Waals surface area contributed by atoms with Gasteiger partial charge < -0.3 is 149 Å². The summed E-state index contributed by atoms with van der Waals surface area (Å²) in [5.74, 6) is -0.869. The van der Waals surface area contributed by atoms with Crippen molar-refractivity contribution in [1.82, 2.24) is 0 Å². The van der Waals surface area contributed by atoms with Gasteiger partial charge in [0.25, 0.3) is 0 Å². The first-order chi connectivity index (χ1) is 45.2. The van der Waals surface area contributed by atoms with E-state index in [9.17, 15) is 91.9 Å². The molecule has 31 nitrogen and oxygen atoms in total. The fraction of sp³-hybridized carbons (Fsp3) is 0.954. The fourth-order valence-electron chi connectivity index (χ4n) is 19.3. The molecule has 0 unspecified atom stereocenters. The number of fused-ring (bicyclic) bond motifs is 7. The summed E-state index contributed by atoms with van der Waals surface area (Å²) in [4.78, 5) is 15.3. The lowest BCUT2D eigenvalue weighted by atomic mass is 9.34. The highest BCUT2D eigenvalue weighted by atomic mass is 16.8. The molecule has 96 heavy (non-hydrogen) atoms. The monoisotopic (exact) mass is 1380 g/mol. The maximum Gasteiger partial charge on any atom is 0.315 e. The number of aliphatic hydroxyl groups is 18. The molecule has 11 rings (SSSR count). The molecule has 0 amide bonds. The minimum atomic E-state index is -1.92. The SMILES string of the molecule is CC(C)[C@@H]1CC[C@]2(C(=O)O[C@@H]3O[C@@H](CO[C@H]4O[C@H](CO)[C@H](O[C@@H]5O[C@@H](C)[C@H](O)[C@H](O)[C@@H]5O)[C@@H](O)[C@@H]4O)[C@@H](O)[C@H](O)[C@@H]3O)CC[C@]3(C)C(=CC[C@H]4[C@]5(C)CC[C@@H](O[C@@H]6OC[C@H](O)[C@@H](O)[C@@H]6O[C@@H]6O[C@@H](C)[C@@H](O)[C@H](O[C@@H]7O[C@H](CO)[C@H](O)[C@@H](O)[C@@H]7O)[C@@H]6O)[C@](C)(CO)[C@H]5CC[C@@]43C)[C@@H]12. The van der Waals surface area contributed by atoms with Gasteiger partial charge in [-0.05, 0) is 117 Å². The molecule has 31 heteroatoms. The smallest absolute Gasteiger partial charge is 0.315 e. The van der Waals surface area contributed by atoms with Gasteiger partial charge in [-0.3, -0.25) is 4.79 Å². The van der Waals surface area contributed by atoms with Gasteiger partial charge in [-0.15, -0.1) is 0 Å². The Morgan fingerprint density at radius 1 is 0.521 bits per heavy atom. The van der Waals surface area contributed by atoms with Gasteiger partial charge >= 0.3 is 5.97 Å². The summed E-state index contributed by atoms with van der Waals surface area (Å²) < 4.78 is 71.4. The van der Waals surface area contributed by atoms with Crippen molar-refractivity contribution in [1.29, 1.82) is 0 Å². The van der Waals surface area contributed by atoms with Crippen LogP contribution in [-0.4, -0.2) is 315 Å². The first-order valence-electron chi connectivity index (χ1n) is 34.3. The van der Waals surface area contributed by atoms with E-state index in [1.165, 1.54) is 13.8 Å². The van der Waals surface area contributed by atoms with E-state index in [-0.39, 0.29) is 48.2 Å². The van der Waals surface area contributed by atoms with E-state index in [4.69, 9.17) is 56.8 Å². The van der Waals surface area contributed by atoms with Gasteiger partial charge in [0.15, 0.2) is 31.5 Å². The highest BCUT2D eigenvalue weighted by Crippen LogP contribution is 2.77. The molecule has 0 aromatic carbocycles. The van der Waals surface area contributed by atoms with E-state index in [0.717, 1.165) is 12.0 Å². The normalized spacial score (nSPS) is 55.3. The molecule has 18 N–H and O–H groups in total. The Morgan fingerprint density at radius 3 is 1.73 bits per heavy atom. The Kier molecular flexibility index (Phi) is 22.4. The third-order valence-electron chi connectivity index (χ3n) is 25.4. The minimum absolute atomic E-state index is 0.0310. The second kappa shape index (κ2) is 28.6. The maximum atomic E-state index is 15.3. The zero-order valence-corrected chi connectivity index (χ0v) is 55.5. The van der Waals surface area contributed by atoms with Crippen LogP contribution in [0.5, 0.6) is 0 Å². The van der Waals surface area contributed by atoms with Crippen LogP contribution < -0.4 is 0 Å². The van der Waals surface area contributed by atoms with Gasteiger partial charge in [0.05, 0.1) is 56.8 Å². The number of hydrogen-bond acceptors (Lipinski definition) is 31. The average molecular weight is 1380 g/mol. The van der Waals surface area contributed by atoms with E-state index < -0.39 is 232 Å². The molecule has 11 aliphatic rings. The van der Waals surface area contributed by atoms with Gasteiger partial charge in [-0.2, -0.15) is 0 Å². The summed E-state index contributed by atoms with van der Waals surface area (Å²) in [6.45, 7) is 13.1. The van der Waals surface area contributed by atoms with Crippen LogP contribution in [0.1, 0.15) is 113 Å². The standard InChI is InChI=1S/C65H106O31/c1-24(2)27-11-16-65(60(84)96-57-48(81)44(77)41(74)32(91-57)22-86-54-49(82)45(78)51(31(20-67)90-54)93-55-46(79)42(75)37(70)25(3)87-55)18-17-63(7)28(36(27)65)9-10-34-61(5)14-13-35(62(6,23-68)33(61)12-15-64(34,63)8)92-59-53(39(72)29(69)21-85-59)95-58-50(83)52(38(71)26(4)88-58)94-56-47(80)43(76)40(73)30(19-66)89-56/h9,24-27,29-59,66-83H,10-23H2,1-8H3/t25-,26-,27-,29-,30+,31+,32-,33-,34-,35+,36+,37-,38+,39+,40-,41+,42-,43+,44-,45-,46-,47-,48-,49-,50-,51-,52-,53-,54-,55-,56-,57-,58-,59-,61+,62+,63+,64-,65-/m0/s1. The average Bonchev–Trinajstić information content (AvgIpc) is 0.949. The first kappa shape index (κ1) is 75.2. The molecule has 6 aliphatic heterocycles. The minimum Gasteiger partial charge on any atom is -0.432 e. The van der Waals surface area contributed by atoms with Crippen LogP contribution in [0.25, 0.3) is 0 Å². The predicted octanol–water partition coefficient (Wildman–Crippen LogP) is -4.86. The van der Waals surface area contributed by atoms with E-state index >= 15 is 4.79 Å². The Labute approximate surface area is 556 Å². The molecule has 39 atom stereocenters. The van der Waals surface area contributed by atoms with Crippen molar-refractivity contribution in [2.45, 2.75) is 297 Å². The first-order valence-corrected chi connectivity index (χ1v) is 34.3. The van der Waals surface area contributed by atoms with Gasteiger partial charge in [-0.1, -0.05) is 53.2 Å². The molecule has 0 radical (unpaired) electrons. The molecule has 6 heterocycles. The van der Waals surface area contributed by atoms with Crippen LogP contribution in [0.4, 0.5) is 0 Å². The summed E-state index contributed by atoms with van der Waals surface area (Å²) in [7, 11) is 0. The number of carbonyl (C=O) groups excluding carboxylic acids is 1. The fourth-order valence-corrected chi connectivity index (χ4v) is 19.3. The number of allylic oxidation sites excluding steroid dienone is 2. The zero-order chi connectivity index (χ0) is 70.0. The molecular weight excluding hydrogens is 1280 g/mol. The molecular formula is C65H106O31. The molecule has 552 valence electrons. The van der Waals surface area contributed by atoms with Crippen LogP contribution in [0.3, 0.4) is 0 Å². The summed E-state index contributed by atoms with van der Waals surface area (Å²) in [6, 6.07) is 0. The van der Waals surface area contributed by atoms with Crippen molar-refractivity contribution in [3.63, 3.8) is 0 Å². The molecule has 0 aromatic heterocycles. The molecule has 0 spiro atoms. The number of aliphatic hydroxyl groups excluding tert-OH is 18. The Hall–Kier alpha value is -1.95. The van der Waals surface area contributed by atoms with Crippen molar-refractivity contribution in [2.75, 3.05) is 33.0 Å². The van der Waals surface area contributed by atoms with Gasteiger partial charge in [0.2, 0.25) is 6.29 Å². The van der Waals surface area contributed by atoms with E-state index in [1.54, 1.807) is 0 Å². The van der Waals surface area contributed by atoms with Gasteiger partial charge in [0.1, 0.15) is 128 Å². The van der Waals surface area contributed by atoms with Crippen molar-refractivity contribution in [3.8, 4) is 0 Å². The largest absolute Gasteiger partial charge is 0.432 e. The highest BCUT2D eigenvalue weighted by molar-refractivity contribution is 5.79. The third kappa shape index (κ3) is 12.6. The summed E-state index contributed by atoms with van der Waals surface area (Å²) in [5, 5.41) is 196. The maximum absolute atomic E-state index is 15.3. The van der Waals surface area contributed by atoms with Crippen molar-refractivity contribution >= 4 is 5.97 Å². The molecule has 0 bridgehead atoms. The second-order valence-electron chi connectivity index (χ2n) is 30.8. The third-order valence-corrected chi connectivity index (χ3v) is 25.4. The predicted molar refractivity (Wildman–Crippen MR) is 321 cm³/mol. The number of esters is 1. The molecule has 10 fully saturated rings.